The molecule has 32 heavy (non-hydrogen) atoms. The van der Waals surface area contributed by atoms with Crippen LogP contribution in [0.1, 0.15) is 37.9 Å². The molecule has 2 aliphatic rings. The van der Waals surface area contributed by atoms with E-state index in [-0.39, 0.29) is 22.8 Å². The summed E-state index contributed by atoms with van der Waals surface area (Å²) < 4.78 is 39.8. The summed E-state index contributed by atoms with van der Waals surface area (Å²) in [5.41, 5.74) is 2.99. The maximum absolute atomic E-state index is 13.1. The lowest BCUT2D eigenvalue weighted by atomic mass is 9.80. The third kappa shape index (κ3) is 5.76. The van der Waals surface area contributed by atoms with Gasteiger partial charge in [-0.1, -0.05) is 12.7 Å². The minimum atomic E-state index is -3.87. The van der Waals surface area contributed by atoms with Crippen molar-refractivity contribution in [3.05, 3.63) is 40.6 Å². The summed E-state index contributed by atoms with van der Waals surface area (Å²) >= 11 is 0. The predicted octanol–water partition coefficient (Wildman–Crippen LogP) is 3.17. The summed E-state index contributed by atoms with van der Waals surface area (Å²) in [4.78, 5) is 11.2. The number of likely N-dealkylation sites (N-methyl/N-ethyl adjacent to an activating group) is 1. The van der Waals surface area contributed by atoms with Crippen molar-refractivity contribution in [2.45, 2.75) is 45.6 Å². The third-order valence-corrected chi connectivity index (χ3v) is 7.46. The second kappa shape index (κ2) is 10.6. The van der Waals surface area contributed by atoms with E-state index in [0.29, 0.717) is 18.0 Å². The first-order chi connectivity index (χ1) is 15.3. The second-order valence-corrected chi connectivity index (χ2v) is 9.93. The van der Waals surface area contributed by atoms with Crippen LogP contribution >= 0.6 is 0 Å². The van der Waals surface area contributed by atoms with Crippen molar-refractivity contribution in [2.24, 2.45) is 10.9 Å². The van der Waals surface area contributed by atoms with Crippen LogP contribution in [-0.4, -0.2) is 64.5 Å². The molecular weight excluding hydrogens is 428 g/mol. The monoisotopic (exact) mass is 462 g/mol. The highest BCUT2D eigenvalue weighted by Crippen LogP contribution is 2.35. The van der Waals surface area contributed by atoms with Crippen LogP contribution in [0.2, 0.25) is 0 Å². The van der Waals surface area contributed by atoms with Crippen LogP contribution in [0, 0.1) is 5.92 Å². The molecule has 0 amide bonds. The number of anilines is 1. The minimum Gasteiger partial charge on any atom is -0.479 e. The van der Waals surface area contributed by atoms with Crippen molar-refractivity contribution in [3.63, 3.8) is 0 Å². The molecule has 1 saturated carbocycles. The number of rotatable bonds is 9. The summed E-state index contributed by atoms with van der Waals surface area (Å²) in [5.74, 6) is 0.494. The number of ether oxygens (including phenoxy) is 2. The summed E-state index contributed by atoms with van der Waals surface area (Å²) in [6.45, 7) is 10.1. The highest BCUT2D eigenvalue weighted by atomic mass is 32.2. The molecule has 1 aromatic heterocycles. The van der Waals surface area contributed by atoms with Gasteiger partial charge < -0.3 is 14.4 Å². The van der Waals surface area contributed by atoms with Crippen LogP contribution in [0.5, 0.6) is 5.88 Å². The van der Waals surface area contributed by atoms with Gasteiger partial charge in [-0.15, -0.1) is 0 Å². The highest BCUT2D eigenvalue weighted by molar-refractivity contribution is 7.97. The van der Waals surface area contributed by atoms with Gasteiger partial charge in [-0.05, 0) is 51.8 Å². The number of aliphatic imine (C=N–C) groups is 1. The van der Waals surface area contributed by atoms with E-state index in [9.17, 15) is 8.42 Å². The molecule has 2 heterocycles. The SMILES string of the molecule is C=C(/N=C\C(=C/C)S(=O)(=O)Nc1cc2c(nc1OC)CCN(C)CC2)[C@H]1C[C@@H](OCC)C1. The van der Waals surface area contributed by atoms with E-state index in [1.165, 1.54) is 19.4 Å². The van der Waals surface area contributed by atoms with Crippen molar-refractivity contribution in [2.75, 3.05) is 38.6 Å². The van der Waals surface area contributed by atoms with E-state index >= 15 is 0 Å². The fourth-order valence-corrected chi connectivity index (χ4v) is 4.97. The summed E-state index contributed by atoms with van der Waals surface area (Å²) in [6, 6.07) is 1.84. The van der Waals surface area contributed by atoms with E-state index in [1.807, 2.05) is 13.0 Å². The molecule has 0 radical (unpaired) electrons. The van der Waals surface area contributed by atoms with Crippen LogP contribution in [0.3, 0.4) is 0 Å². The Bertz CT molecular complexity index is 997. The number of sulfonamides is 1. The van der Waals surface area contributed by atoms with E-state index in [2.05, 4.69) is 33.2 Å². The molecule has 1 N–H and O–H groups in total. The molecule has 8 nitrogen and oxygen atoms in total. The van der Waals surface area contributed by atoms with Crippen LogP contribution in [0.25, 0.3) is 0 Å². The number of nitrogens with one attached hydrogen (secondary N) is 1. The Labute approximate surface area is 191 Å². The molecular formula is C23H34N4O4S. The average molecular weight is 463 g/mol. The predicted molar refractivity (Wildman–Crippen MR) is 128 cm³/mol. The van der Waals surface area contributed by atoms with Crippen molar-refractivity contribution in [1.29, 1.82) is 0 Å². The van der Waals surface area contributed by atoms with Crippen LogP contribution in [0.4, 0.5) is 5.69 Å². The van der Waals surface area contributed by atoms with Crippen LogP contribution in [0.15, 0.2) is 34.3 Å². The molecule has 0 saturated heterocycles. The Hall–Kier alpha value is -2.23. The minimum absolute atomic E-state index is 0.0658. The fraction of sp³-hybridized carbons (Fsp3) is 0.565. The number of hydrogen-bond donors (Lipinski definition) is 1. The maximum Gasteiger partial charge on any atom is 0.263 e. The molecule has 0 unspecified atom stereocenters. The van der Waals surface area contributed by atoms with Gasteiger partial charge >= 0.3 is 0 Å². The number of allylic oxidation sites excluding steroid dienone is 3. The van der Waals surface area contributed by atoms with E-state index in [1.54, 1.807) is 6.92 Å². The van der Waals surface area contributed by atoms with Crippen LogP contribution < -0.4 is 9.46 Å². The zero-order valence-corrected chi connectivity index (χ0v) is 20.2. The summed E-state index contributed by atoms with van der Waals surface area (Å²) in [5, 5.41) is 0. The quantitative estimate of drug-likeness (QED) is 0.567. The second-order valence-electron chi connectivity index (χ2n) is 8.25. The number of methoxy groups -OCH3 is 1. The van der Waals surface area contributed by atoms with Gasteiger partial charge in [0.05, 0.1) is 13.2 Å². The Morgan fingerprint density at radius 3 is 2.75 bits per heavy atom. The van der Waals surface area contributed by atoms with Gasteiger partial charge in [0.15, 0.2) is 0 Å². The third-order valence-electron chi connectivity index (χ3n) is 6.01. The maximum atomic E-state index is 13.1. The standard InChI is InChI=1S/C23H34N4O4S/c1-6-20(15-24-16(3)18-12-19(13-18)31-7-2)32(28,29)26-22-14-17-8-10-27(4)11-9-21(17)25-23(22)30-5/h6,14-15,18-19,26H,3,7-13H2,1-2,4-5H3/b20-6+,24-15-/t18-,19+. The van der Waals surface area contributed by atoms with Gasteiger partial charge in [0.1, 0.15) is 10.6 Å². The molecule has 3 rings (SSSR count). The largest absolute Gasteiger partial charge is 0.479 e. The molecule has 0 aromatic carbocycles. The first-order valence-electron chi connectivity index (χ1n) is 11.1. The molecule has 1 fully saturated rings. The Morgan fingerprint density at radius 2 is 2.09 bits per heavy atom. The molecule has 0 spiro atoms. The lowest BCUT2D eigenvalue weighted by Gasteiger charge is -2.34. The van der Waals surface area contributed by atoms with Gasteiger partial charge in [-0.2, -0.15) is 0 Å². The number of pyridine rings is 1. The lowest BCUT2D eigenvalue weighted by Crippen LogP contribution is -2.32. The molecule has 1 aliphatic carbocycles. The molecule has 0 bridgehead atoms. The number of hydrogen-bond acceptors (Lipinski definition) is 7. The number of nitrogens with zero attached hydrogens (tertiary/aromatic N) is 3. The Kier molecular flexibility index (Phi) is 8.08. The number of fused-ring (bicyclic) bond motifs is 1. The first kappa shape index (κ1) is 24.4. The van der Waals surface area contributed by atoms with Crippen molar-refractivity contribution >= 4 is 21.9 Å². The molecule has 9 heteroatoms. The first-order valence-corrected chi connectivity index (χ1v) is 12.5. The zero-order valence-electron chi connectivity index (χ0n) is 19.4. The van der Waals surface area contributed by atoms with Gasteiger partial charge in [0.2, 0.25) is 5.88 Å². The van der Waals surface area contributed by atoms with Gasteiger partial charge in [0, 0.05) is 49.6 Å². The Morgan fingerprint density at radius 1 is 1.38 bits per heavy atom. The van der Waals surface area contributed by atoms with Crippen molar-refractivity contribution in [1.82, 2.24) is 9.88 Å². The average Bonchev–Trinajstić information content (AvgIpc) is 2.90. The topological polar surface area (TPSA) is 93.1 Å². The van der Waals surface area contributed by atoms with Gasteiger partial charge in [0.25, 0.3) is 10.0 Å². The number of aromatic nitrogens is 1. The van der Waals surface area contributed by atoms with Gasteiger partial charge in [-0.3, -0.25) is 9.71 Å². The van der Waals surface area contributed by atoms with E-state index in [4.69, 9.17) is 9.47 Å². The molecule has 176 valence electrons. The molecule has 1 aromatic rings. The smallest absolute Gasteiger partial charge is 0.263 e. The van der Waals surface area contributed by atoms with E-state index < -0.39 is 10.0 Å². The van der Waals surface area contributed by atoms with Crippen LogP contribution in [-0.2, 0) is 27.6 Å². The van der Waals surface area contributed by atoms with Gasteiger partial charge in [-0.25, -0.2) is 13.4 Å². The zero-order chi connectivity index (χ0) is 23.3. The molecule has 0 atom stereocenters. The van der Waals surface area contributed by atoms with Crippen molar-refractivity contribution < 1.29 is 17.9 Å². The Balaban J connectivity index is 1.74. The highest BCUT2D eigenvalue weighted by Gasteiger charge is 2.31. The fourth-order valence-electron chi connectivity index (χ4n) is 3.92. The molecule has 1 aliphatic heterocycles. The van der Waals surface area contributed by atoms with Crippen molar-refractivity contribution in [3.8, 4) is 5.88 Å². The summed E-state index contributed by atoms with van der Waals surface area (Å²) in [7, 11) is -0.309. The summed E-state index contributed by atoms with van der Waals surface area (Å²) in [6.07, 6.45) is 6.46. The van der Waals surface area contributed by atoms with E-state index in [0.717, 1.165) is 50.0 Å². The normalized spacial score (nSPS) is 22.2. The lowest BCUT2D eigenvalue weighted by molar-refractivity contribution is -0.0144.